The van der Waals surface area contributed by atoms with Crippen LogP contribution in [0, 0.1) is 0 Å². The predicted molar refractivity (Wildman–Crippen MR) is 90.6 cm³/mol. The van der Waals surface area contributed by atoms with Gasteiger partial charge < -0.3 is 0 Å². The van der Waals surface area contributed by atoms with Gasteiger partial charge >= 0.3 is 0 Å². The maximum Gasteiger partial charge on any atom is 0.130 e. The third-order valence-corrected chi connectivity index (χ3v) is 3.37. The molecule has 1 aromatic carbocycles. The van der Waals surface area contributed by atoms with E-state index in [-0.39, 0.29) is 0 Å². The zero-order chi connectivity index (χ0) is 15.9. The molecule has 0 spiro atoms. The van der Waals surface area contributed by atoms with Gasteiger partial charge in [0.2, 0.25) is 0 Å². The Morgan fingerprint density at radius 1 is 1.24 bits per heavy atom. The largest absolute Gasteiger partial charge is 0.262 e. The van der Waals surface area contributed by atoms with Crippen LogP contribution in [0.2, 0.25) is 0 Å². The van der Waals surface area contributed by atoms with Crippen molar-refractivity contribution >= 4 is 5.71 Å². The minimum Gasteiger partial charge on any atom is -0.262 e. The summed E-state index contributed by atoms with van der Waals surface area (Å²) in [7, 11) is 0. The van der Waals surface area contributed by atoms with Gasteiger partial charge in [0.25, 0.3) is 0 Å². The maximum atomic E-state index is 13.9. The molecular weight excluding hydrogens is 261 g/mol. The molecule has 0 heterocycles. The van der Waals surface area contributed by atoms with Crippen molar-refractivity contribution in [2.24, 2.45) is 4.99 Å². The van der Waals surface area contributed by atoms with E-state index in [4.69, 9.17) is 0 Å². The van der Waals surface area contributed by atoms with E-state index < -0.39 is 5.67 Å². The number of allylic oxidation sites excluding steroid dienone is 3. The third kappa shape index (κ3) is 5.66. The Labute approximate surface area is 128 Å². The average molecular weight is 287 g/mol. The molecular formula is C19H26FN. The van der Waals surface area contributed by atoms with E-state index >= 15 is 0 Å². The summed E-state index contributed by atoms with van der Waals surface area (Å²) in [6.45, 7) is 9.27. The number of hydrogen-bond donors (Lipinski definition) is 0. The van der Waals surface area contributed by atoms with Crippen LogP contribution < -0.4 is 0 Å². The Hall–Kier alpha value is -1.70. The molecule has 0 unspecified atom stereocenters. The second-order valence-electron chi connectivity index (χ2n) is 5.68. The molecule has 0 saturated carbocycles. The van der Waals surface area contributed by atoms with Gasteiger partial charge in [-0.15, -0.1) is 0 Å². The van der Waals surface area contributed by atoms with Crippen LogP contribution in [-0.2, 0) is 12.1 Å². The minimum atomic E-state index is -1.29. The fourth-order valence-electron chi connectivity index (χ4n) is 2.10. The Bertz CT molecular complexity index is 528. The first-order valence-corrected chi connectivity index (χ1v) is 7.51. The molecule has 1 nitrogen and oxygen atoms in total. The molecule has 1 aromatic rings. The van der Waals surface area contributed by atoms with Gasteiger partial charge in [-0.05, 0) is 57.2 Å². The van der Waals surface area contributed by atoms with E-state index in [1.807, 2.05) is 50.4 Å². The summed E-state index contributed by atoms with van der Waals surface area (Å²) in [4.78, 5) is 4.42. The summed E-state index contributed by atoms with van der Waals surface area (Å²) in [5.41, 5.74) is 2.86. The van der Waals surface area contributed by atoms with Crippen LogP contribution in [0.1, 0.15) is 52.2 Å². The van der Waals surface area contributed by atoms with Crippen LogP contribution >= 0.6 is 0 Å². The number of benzene rings is 1. The molecule has 0 aromatic heterocycles. The average Bonchev–Trinajstić information content (AvgIpc) is 2.44. The maximum absolute atomic E-state index is 13.9. The number of aliphatic imine (C=N–C) groups is 1. The Balaban J connectivity index is 2.93. The molecule has 0 bridgehead atoms. The highest BCUT2D eigenvalue weighted by molar-refractivity contribution is 5.98. The van der Waals surface area contributed by atoms with Crippen molar-refractivity contribution in [2.45, 2.75) is 53.1 Å². The Morgan fingerprint density at radius 3 is 2.33 bits per heavy atom. The highest BCUT2D eigenvalue weighted by Crippen LogP contribution is 2.25. The molecule has 114 valence electrons. The molecule has 0 amide bonds. The van der Waals surface area contributed by atoms with Crippen LogP contribution in [-0.4, -0.2) is 5.71 Å². The number of rotatable bonds is 6. The second kappa shape index (κ2) is 7.92. The number of hydrogen-bond acceptors (Lipinski definition) is 1. The van der Waals surface area contributed by atoms with Gasteiger partial charge in [-0.2, -0.15) is 0 Å². The molecule has 2 heteroatoms. The summed E-state index contributed by atoms with van der Waals surface area (Å²) < 4.78 is 13.9. The number of nitrogens with zero attached hydrogens (tertiary/aromatic N) is 1. The van der Waals surface area contributed by atoms with E-state index in [0.717, 1.165) is 18.6 Å². The van der Waals surface area contributed by atoms with Crippen LogP contribution in [0.5, 0.6) is 0 Å². The smallest absolute Gasteiger partial charge is 0.130 e. The standard InChI is InChI=1S/C19H26FN/c1-6-8-17(15(3)21-13-7-2)14-16-9-11-18(12-10-16)19(4,5)20/h7-13H,6,14H2,1-5H3/b13-7-,17-8+,21-15+. The van der Waals surface area contributed by atoms with Crippen LogP contribution in [0.4, 0.5) is 4.39 Å². The molecule has 0 radical (unpaired) electrons. The zero-order valence-electron chi connectivity index (χ0n) is 13.8. The topological polar surface area (TPSA) is 12.4 Å². The van der Waals surface area contributed by atoms with Crippen molar-refractivity contribution in [1.29, 1.82) is 0 Å². The van der Waals surface area contributed by atoms with E-state index in [9.17, 15) is 4.39 Å². The van der Waals surface area contributed by atoms with Crippen LogP contribution in [0.3, 0.4) is 0 Å². The van der Waals surface area contributed by atoms with E-state index in [1.165, 1.54) is 11.1 Å². The predicted octanol–water partition coefficient (Wildman–Crippen LogP) is 5.76. The van der Waals surface area contributed by atoms with Gasteiger partial charge in [-0.3, -0.25) is 4.99 Å². The summed E-state index contributed by atoms with van der Waals surface area (Å²) in [6.07, 6.45) is 7.75. The SMILES string of the molecule is C\C=C/N=C(C)/C(=C/CC)Cc1ccc(C(C)(C)F)cc1. The fourth-order valence-corrected chi connectivity index (χ4v) is 2.10. The fraction of sp³-hybridized carbons (Fsp3) is 0.421. The minimum absolute atomic E-state index is 0.714. The lowest BCUT2D eigenvalue weighted by Gasteiger charge is -2.15. The van der Waals surface area contributed by atoms with Crippen LogP contribution in [0.15, 0.2) is 53.2 Å². The summed E-state index contributed by atoms with van der Waals surface area (Å²) in [5, 5.41) is 0. The highest BCUT2D eigenvalue weighted by Gasteiger charge is 2.18. The van der Waals surface area contributed by atoms with E-state index in [1.54, 1.807) is 13.8 Å². The lowest BCUT2D eigenvalue weighted by Crippen LogP contribution is -2.09. The molecule has 0 aliphatic rings. The molecule has 1 rings (SSSR count). The highest BCUT2D eigenvalue weighted by atomic mass is 19.1. The van der Waals surface area contributed by atoms with Crippen LogP contribution in [0.25, 0.3) is 0 Å². The molecule has 0 aliphatic carbocycles. The molecule has 0 fully saturated rings. The lowest BCUT2D eigenvalue weighted by atomic mass is 9.95. The summed E-state index contributed by atoms with van der Waals surface area (Å²) in [5.74, 6) is 0. The van der Waals surface area contributed by atoms with Crippen molar-refractivity contribution in [3.8, 4) is 0 Å². The van der Waals surface area contributed by atoms with Gasteiger partial charge in [-0.1, -0.05) is 43.3 Å². The molecule has 0 atom stereocenters. The third-order valence-electron chi connectivity index (χ3n) is 3.37. The van der Waals surface area contributed by atoms with Crippen molar-refractivity contribution in [1.82, 2.24) is 0 Å². The van der Waals surface area contributed by atoms with Crippen molar-refractivity contribution in [3.05, 3.63) is 59.3 Å². The number of alkyl halides is 1. The molecule has 21 heavy (non-hydrogen) atoms. The molecule has 0 saturated heterocycles. The molecule has 0 N–H and O–H groups in total. The monoisotopic (exact) mass is 287 g/mol. The van der Waals surface area contributed by atoms with Crippen molar-refractivity contribution in [2.75, 3.05) is 0 Å². The second-order valence-corrected chi connectivity index (χ2v) is 5.68. The van der Waals surface area contributed by atoms with Gasteiger partial charge in [-0.25, -0.2) is 4.39 Å². The summed E-state index contributed by atoms with van der Waals surface area (Å²) >= 11 is 0. The van der Waals surface area contributed by atoms with Crippen molar-refractivity contribution < 1.29 is 4.39 Å². The van der Waals surface area contributed by atoms with Crippen molar-refractivity contribution in [3.63, 3.8) is 0 Å². The van der Waals surface area contributed by atoms with Gasteiger partial charge in [0.15, 0.2) is 0 Å². The van der Waals surface area contributed by atoms with Gasteiger partial charge in [0.1, 0.15) is 5.67 Å². The molecule has 0 aliphatic heterocycles. The first kappa shape index (κ1) is 17.4. The Morgan fingerprint density at radius 2 is 1.86 bits per heavy atom. The Kier molecular flexibility index (Phi) is 6.54. The van der Waals surface area contributed by atoms with E-state index in [2.05, 4.69) is 18.0 Å². The summed E-state index contributed by atoms with van der Waals surface area (Å²) in [6, 6.07) is 7.75. The van der Waals surface area contributed by atoms with Gasteiger partial charge in [0.05, 0.1) is 0 Å². The lowest BCUT2D eigenvalue weighted by molar-refractivity contribution is 0.221. The van der Waals surface area contributed by atoms with Gasteiger partial charge in [0, 0.05) is 11.9 Å². The zero-order valence-corrected chi connectivity index (χ0v) is 13.8. The van der Waals surface area contributed by atoms with E-state index in [0.29, 0.717) is 5.56 Å². The first-order valence-electron chi connectivity index (χ1n) is 7.51. The normalized spacial score (nSPS) is 14.0. The number of halogens is 1. The quantitative estimate of drug-likeness (QED) is 0.589. The first-order chi connectivity index (χ1) is 9.88.